The number of thiophene rings is 1. The van der Waals surface area contributed by atoms with Gasteiger partial charge < -0.3 is 20.5 Å². The molecule has 2 amide bonds. The van der Waals surface area contributed by atoms with Gasteiger partial charge in [-0.25, -0.2) is 0 Å². The van der Waals surface area contributed by atoms with Gasteiger partial charge in [-0.3, -0.25) is 9.59 Å². The minimum Gasteiger partial charge on any atom is -0.493 e. The molecule has 4 rings (SSSR count). The minimum absolute atomic E-state index is 0.334. The smallest absolute Gasteiger partial charge is 0.251 e. The molecule has 0 aliphatic heterocycles. The van der Waals surface area contributed by atoms with E-state index in [1.54, 1.807) is 25.3 Å². The third-order valence-electron chi connectivity index (χ3n) is 5.33. The molecule has 0 saturated heterocycles. The fourth-order valence-corrected chi connectivity index (χ4v) is 5.15. The van der Waals surface area contributed by atoms with Gasteiger partial charge in [-0.05, 0) is 66.3 Å². The minimum atomic E-state index is -0.507. The maximum Gasteiger partial charge on any atom is 0.251 e. The van der Waals surface area contributed by atoms with E-state index < -0.39 is 5.91 Å². The number of carbonyl (C=O) groups is 2. The average Bonchev–Trinajstić information content (AvgIpc) is 3.38. The Morgan fingerprint density at radius 1 is 1.15 bits per heavy atom. The van der Waals surface area contributed by atoms with Crippen molar-refractivity contribution in [1.82, 2.24) is 0 Å². The van der Waals surface area contributed by atoms with Crippen LogP contribution < -0.4 is 20.5 Å². The monoisotopic (exact) mass is 482 g/mol. The summed E-state index contributed by atoms with van der Waals surface area (Å²) in [4.78, 5) is 25.5. The van der Waals surface area contributed by atoms with E-state index in [4.69, 9.17) is 26.8 Å². The van der Waals surface area contributed by atoms with Gasteiger partial charge in [0.2, 0.25) is 5.91 Å². The number of fused-ring (bicyclic) bond motifs is 1. The highest BCUT2D eigenvalue weighted by molar-refractivity contribution is 7.17. The lowest BCUT2D eigenvalue weighted by Gasteiger charge is -2.11. The summed E-state index contributed by atoms with van der Waals surface area (Å²) in [6.45, 7) is 0.373. The number of carbonyl (C=O) groups excluding carboxylic acids is 2. The van der Waals surface area contributed by atoms with Crippen LogP contribution in [0, 0.1) is 0 Å². The van der Waals surface area contributed by atoms with Crippen LogP contribution in [0.3, 0.4) is 0 Å². The highest BCUT2D eigenvalue weighted by Crippen LogP contribution is 2.38. The number of hydrogen-bond acceptors (Lipinski definition) is 5. The quantitative estimate of drug-likeness (QED) is 0.430. The second-order valence-corrected chi connectivity index (χ2v) is 9.12. The Labute approximate surface area is 201 Å². The number of amides is 2. The number of primary amides is 1. The van der Waals surface area contributed by atoms with Crippen molar-refractivity contribution in [2.75, 3.05) is 12.4 Å². The van der Waals surface area contributed by atoms with Crippen molar-refractivity contribution in [3.63, 3.8) is 0 Å². The van der Waals surface area contributed by atoms with Gasteiger partial charge in [0.15, 0.2) is 11.5 Å². The zero-order valence-electron chi connectivity index (χ0n) is 18.0. The number of aryl methyl sites for hydroxylation is 1. The molecule has 1 aliphatic carbocycles. The molecule has 8 heteroatoms. The summed E-state index contributed by atoms with van der Waals surface area (Å²) >= 11 is 7.34. The van der Waals surface area contributed by atoms with Gasteiger partial charge in [0.05, 0.1) is 12.7 Å². The summed E-state index contributed by atoms with van der Waals surface area (Å²) < 4.78 is 11.3. The van der Waals surface area contributed by atoms with Crippen molar-refractivity contribution in [2.24, 2.45) is 5.73 Å². The van der Waals surface area contributed by atoms with Crippen LogP contribution in [0.25, 0.3) is 6.08 Å². The Morgan fingerprint density at radius 3 is 2.67 bits per heavy atom. The average molecular weight is 483 g/mol. The molecule has 0 spiro atoms. The number of nitrogens with two attached hydrogens (primary N) is 1. The SMILES string of the molecule is COc1cc(/C=C/C(=O)Nc2sc3c(c2C(N)=O)CCC3)ccc1OCc1ccc(Cl)cc1. The second kappa shape index (κ2) is 10.1. The number of halogens is 1. The largest absolute Gasteiger partial charge is 0.493 e. The van der Waals surface area contributed by atoms with Crippen molar-refractivity contribution in [2.45, 2.75) is 25.9 Å². The Hall–Kier alpha value is -3.29. The molecule has 170 valence electrons. The highest BCUT2D eigenvalue weighted by Gasteiger charge is 2.25. The number of methoxy groups -OCH3 is 1. The van der Waals surface area contributed by atoms with Gasteiger partial charge in [0.1, 0.15) is 11.6 Å². The highest BCUT2D eigenvalue weighted by atomic mass is 35.5. The summed E-state index contributed by atoms with van der Waals surface area (Å²) in [5, 5.41) is 3.99. The maximum atomic E-state index is 12.5. The first-order chi connectivity index (χ1) is 15.9. The van der Waals surface area contributed by atoms with Crippen LogP contribution in [0.1, 0.15) is 38.3 Å². The Balaban J connectivity index is 1.42. The molecular weight excluding hydrogens is 460 g/mol. The first kappa shape index (κ1) is 22.9. The van der Waals surface area contributed by atoms with Crippen molar-refractivity contribution in [1.29, 1.82) is 0 Å². The molecule has 0 bridgehead atoms. The summed E-state index contributed by atoms with van der Waals surface area (Å²) in [7, 11) is 1.56. The van der Waals surface area contributed by atoms with E-state index in [1.165, 1.54) is 17.4 Å². The van der Waals surface area contributed by atoms with Crippen LogP contribution in [0.15, 0.2) is 48.5 Å². The van der Waals surface area contributed by atoms with E-state index in [0.29, 0.717) is 33.7 Å². The zero-order chi connectivity index (χ0) is 23.4. The van der Waals surface area contributed by atoms with Crippen LogP contribution in [-0.4, -0.2) is 18.9 Å². The molecule has 33 heavy (non-hydrogen) atoms. The van der Waals surface area contributed by atoms with Gasteiger partial charge in [-0.15, -0.1) is 11.3 Å². The van der Waals surface area contributed by atoms with Crippen molar-refractivity contribution >= 4 is 45.8 Å². The summed E-state index contributed by atoms with van der Waals surface area (Å²) in [5.74, 6) is 0.303. The van der Waals surface area contributed by atoms with E-state index in [9.17, 15) is 9.59 Å². The molecule has 0 radical (unpaired) electrons. The van der Waals surface area contributed by atoms with Crippen LogP contribution in [0.2, 0.25) is 5.02 Å². The molecule has 0 saturated carbocycles. The number of nitrogens with one attached hydrogen (secondary N) is 1. The molecule has 3 N–H and O–H groups in total. The number of hydrogen-bond donors (Lipinski definition) is 2. The fourth-order valence-electron chi connectivity index (χ4n) is 3.73. The number of rotatable bonds is 8. The van der Waals surface area contributed by atoms with Crippen molar-refractivity contribution in [3.05, 3.63) is 80.7 Å². The van der Waals surface area contributed by atoms with Crippen molar-refractivity contribution < 1.29 is 19.1 Å². The third-order valence-corrected chi connectivity index (χ3v) is 6.79. The normalized spacial score (nSPS) is 12.5. The predicted octanol–water partition coefficient (Wildman–Crippen LogP) is 5.23. The van der Waals surface area contributed by atoms with E-state index in [-0.39, 0.29) is 5.91 Å². The Bertz CT molecular complexity index is 1220. The summed E-state index contributed by atoms with van der Waals surface area (Å²) in [6.07, 6.45) is 5.84. The number of ether oxygens (including phenoxy) is 2. The van der Waals surface area contributed by atoms with Crippen LogP contribution in [0.4, 0.5) is 5.00 Å². The molecule has 6 nitrogen and oxygen atoms in total. The Morgan fingerprint density at radius 2 is 1.94 bits per heavy atom. The molecule has 0 fully saturated rings. The second-order valence-electron chi connectivity index (χ2n) is 7.57. The summed E-state index contributed by atoms with van der Waals surface area (Å²) in [5.41, 5.74) is 8.73. The lowest BCUT2D eigenvalue weighted by atomic mass is 10.1. The molecule has 0 atom stereocenters. The van der Waals surface area contributed by atoms with Gasteiger partial charge in [0.25, 0.3) is 5.91 Å². The summed E-state index contributed by atoms with van der Waals surface area (Å²) in [6, 6.07) is 12.8. The van der Waals surface area contributed by atoms with E-state index in [0.717, 1.165) is 40.8 Å². The van der Waals surface area contributed by atoms with E-state index in [1.807, 2.05) is 30.3 Å². The van der Waals surface area contributed by atoms with Crippen LogP contribution >= 0.6 is 22.9 Å². The van der Waals surface area contributed by atoms with E-state index >= 15 is 0 Å². The fraction of sp³-hybridized carbons (Fsp3) is 0.200. The van der Waals surface area contributed by atoms with Crippen LogP contribution in [-0.2, 0) is 24.2 Å². The molecule has 1 aromatic heterocycles. The lowest BCUT2D eigenvalue weighted by Crippen LogP contribution is -2.16. The first-order valence-electron chi connectivity index (χ1n) is 10.4. The van der Waals surface area contributed by atoms with Gasteiger partial charge >= 0.3 is 0 Å². The van der Waals surface area contributed by atoms with Gasteiger partial charge in [-0.2, -0.15) is 0 Å². The molecule has 1 heterocycles. The number of benzene rings is 2. The molecule has 2 aromatic carbocycles. The van der Waals surface area contributed by atoms with Crippen molar-refractivity contribution in [3.8, 4) is 11.5 Å². The topological polar surface area (TPSA) is 90.6 Å². The van der Waals surface area contributed by atoms with Gasteiger partial charge in [-0.1, -0.05) is 29.8 Å². The number of anilines is 1. The van der Waals surface area contributed by atoms with E-state index in [2.05, 4.69) is 5.32 Å². The maximum absolute atomic E-state index is 12.5. The molecule has 0 unspecified atom stereocenters. The molecular formula is C25H23ClN2O4S. The van der Waals surface area contributed by atoms with Gasteiger partial charge in [0, 0.05) is 16.0 Å². The third kappa shape index (κ3) is 5.38. The Kier molecular flexibility index (Phi) is 7.01. The zero-order valence-corrected chi connectivity index (χ0v) is 19.6. The standard InChI is InChI=1S/C25H23ClN2O4S/c1-31-20-13-15(7-11-19(20)32-14-16-5-9-17(26)10-6-16)8-12-22(29)28-25-23(24(27)30)18-3-2-4-21(18)33-25/h5-13H,2-4,14H2,1H3,(H2,27,30)(H,28,29)/b12-8+. The predicted molar refractivity (Wildman–Crippen MR) is 131 cm³/mol. The molecule has 3 aromatic rings. The van der Waals surface area contributed by atoms with Crippen LogP contribution in [0.5, 0.6) is 11.5 Å². The first-order valence-corrected chi connectivity index (χ1v) is 11.6. The molecule has 1 aliphatic rings. The lowest BCUT2D eigenvalue weighted by molar-refractivity contribution is -0.111.